The van der Waals surface area contributed by atoms with Crippen molar-refractivity contribution in [1.29, 1.82) is 0 Å². The van der Waals surface area contributed by atoms with Gasteiger partial charge in [-0.05, 0) is 74.2 Å². The summed E-state index contributed by atoms with van der Waals surface area (Å²) in [4.78, 5) is 4.67. The molecule has 0 aliphatic heterocycles. The number of fused-ring (bicyclic) bond motifs is 1. The van der Waals surface area contributed by atoms with E-state index in [1.807, 2.05) is 24.3 Å². The van der Waals surface area contributed by atoms with E-state index in [-0.39, 0.29) is 0 Å². The van der Waals surface area contributed by atoms with E-state index in [0.29, 0.717) is 5.89 Å². The number of hydrogen-bond acceptors (Lipinski definition) is 3. The second kappa shape index (κ2) is 4.37. The van der Waals surface area contributed by atoms with Crippen molar-refractivity contribution in [3.8, 4) is 11.5 Å². The molecule has 3 nitrogen and oxygen atoms in total. The number of anilines is 1. The summed E-state index contributed by atoms with van der Waals surface area (Å²) in [6, 6.07) is 7.59. The van der Waals surface area contributed by atoms with E-state index in [0.717, 1.165) is 27.9 Å². The first kappa shape index (κ1) is 12.7. The van der Waals surface area contributed by atoms with Crippen LogP contribution in [0.25, 0.3) is 22.6 Å². The standard InChI is InChI=1S/C17H18N2O/c1-9-10(2)12(4)16-15(11(9)3)19-17(20-16)13-5-7-14(18)8-6-13/h5-8H,18H2,1-4H3. The molecule has 3 aromatic rings. The maximum Gasteiger partial charge on any atom is 0.227 e. The van der Waals surface area contributed by atoms with Crippen LogP contribution in [-0.2, 0) is 0 Å². The zero-order chi connectivity index (χ0) is 14.4. The quantitative estimate of drug-likeness (QED) is 0.668. The summed E-state index contributed by atoms with van der Waals surface area (Å²) in [5.41, 5.74) is 14.2. The van der Waals surface area contributed by atoms with E-state index in [4.69, 9.17) is 10.2 Å². The third kappa shape index (κ3) is 1.78. The van der Waals surface area contributed by atoms with Crippen LogP contribution >= 0.6 is 0 Å². The molecular formula is C17H18N2O. The molecule has 0 fully saturated rings. The summed E-state index contributed by atoms with van der Waals surface area (Å²) in [7, 11) is 0. The van der Waals surface area contributed by atoms with Crippen LogP contribution in [0.4, 0.5) is 5.69 Å². The molecule has 2 N–H and O–H groups in total. The Hall–Kier alpha value is -2.29. The summed E-state index contributed by atoms with van der Waals surface area (Å²) in [5, 5.41) is 0. The predicted octanol–water partition coefficient (Wildman–Crippen LogP) is 4.31. The molecule has 3 heteroatoms. The molecule has 102 valence electrons. The van der Waals surface area contributed by atoms with Gasteiger partial charge in [0.15, 0.2) is 5.58 Å². The van der Waals surface area contributed by atoms with Crippen molar-refractivity contribution in [2.75, 3.05) is 5.73 Å². The average Bonchev–Trinajstić information content (AvgIpc) is 2.89. The fraction of sp³-hybridized carbons (Fsp3) is 0.235. The molecule has 0 radical (unpaired) electrons. The lowest BCUT2D eigenvalue weighted by molar-refractivity contribution is 0.617. The van der Waals surface area contributed by atoms with Gasteiger partial charge in [-0.1, -0.05) is 0 Å². The van der Waals surface area contributed by atoms with Crippen molar-refractivity contribution < 1.29 is 4.42 Å². The molecule has 0 atom stereocenters. The maximum atomic E-state index is 5.99. The number of aromatic nitrogens is 1. The Balaban J connectivity index is 2.28. The van der Waals surface area contributed by atoms with Gasteiger partial charge in [-0.15, -0.1) is 0 Å². The Morgan fingerprint density at radius 1 is 0.850 bits per heavy atom. The van der Waals surface area contributed by atoms with Crippen LogP contribution in [-0.4, -0.2) is 4.98 Å². The average molecular weight is 266 g/mol. The molecule has 1 heterocycles. The SMILES string of the molecule is Cc1c(C)c(C)c2oc(-c3ccc(N)cc3)nc2c1C. The van der Waals surface area contributed by atoms with Gasteiger partial charge in [-0.25, -0.2) is 4.98 Å². The molecule has 2 aromatic carbocycles. The highest BCUT2D eigenvalue weighted by atomic mass is 16.3. The third-order valence-electron chi connectivity index (χ3n) is 4.17. The van der Waals surface area contributed by atoms with E-state index >= 15 is 0 Å². The van der Waals surface area contributed by atoms with Gasteiger partial charge in [0.25, 0.3) is 0 Å². The molecular weight excluding hydrogens is 248 g/mol. The minimum atomic E-state index is 0.649. The van der Waals surface area contributed by atoms with Crippen LogP contribution in [0.1, 0.15) is 22.3 Å². The number of aryl methyl sites for hydroxylation is 2. The molecule has 0 spiro atoms. The smallest absolute Gasteiger partial charge is 0.227 e. The van der Waals surface area contributed by atoms with Gasteiger partial charge in [-0.2, -0.15) is 0 Å². The number of nitrogen functional groups attached to an aromatic ring is 1. The molecule has 0 unspecified atom stereocenters. The lowest BCUT2D eigenvalue weighted by Gasteiger charge is -2.07. The molecule has 1 aromatic heterocycles. The molecule has 0 amide bonds. The Kier molecular flexibility index (Phi) is 2.78. The summed E-state index contributed by atoms with van der Waals surface area (Å²) in [6.07, 6.45) is 0. The van der Waals surface area contributed by atoms with Gasteiger partial charge in [0.05, 0.1) is 0 Å². The predicted molar refractivity (Wildman–Crippen MR) is 82.8 cm³/mol. The lowest BCUT2D eigenvalue weighted by atomic mass is 9.98. The van der Waals surface area contributed by atoms with Crippen molar-refractivity contribution in [3.05, 3.63) is 46.5 Å². The van der Waals surface area contributed by atoms with Crippen LogP contribution in [0.5, 0.6) is 0 Å². The van der Waals surface area contributed by atoms with Gasteiger partial charge < -0.3 is 10.2 Å². The number of hydrogen-bond donors (Lipinski definition) is 1. The van der Waals surface area contributed by atoms with E-state index in [9.17, 15) is 0 Å². The highest BCUT2D eigenvalue weighted by Crippen LogP contribution is 2.32. The van der Waals surface area contributed by atoms with E-state index in [1.165, 1.54) is 16.7 Å². The highest BCUT2D eigenvalue weighted by Gasteiger charge is 2.16. The summed E-state index contributed by atoms with van der Waals surface area (Å²) in [5.74, 6) is 0.649. The molecule has 20 heavy (non-hydrogen) atoms. The second-order valence-electron chi connectivity index (χ2n) is 5.32. The highest BCUT2D eigenvalue weighted by molar-refractivity contribution is 5.84. The van der Waals surface area contributed by atoms with E-state index in [2.05, 4.69) is 32.7 Å². The lowest BCUT2D eigenvalue weighted by Crippen LogP contribution is -1.92. The fourth-order valence-electron chi connectivity index (χ4n) is 2.49. The molecule has 0 bridgehead atoms. The summed E-state index contributed by atoms with van der Waals surface area (Å²) >= 11 is 0. The van der Waals surface area contributed by atoms with Crippen molar-refractivity contribution in [2.24, 2.45) is 0 Å². The monoisotopic (exact) mass is 266 g/mol. The Morgan fingerprint density at radius 2 is 1.45 bits per heavy atom. The van der Waals surface area contributed by atoms with Crippen molar-refractivity contribution in [2.45, 2.75) is 27.7 Å². The van der Waals surface area contributed by atoms with Crippen molar-refractivity contribution in [3.63, 3.8) is 0 Å². The van der Waals surface area contributed by atoms with Crippen LogP contribution in [0, 0.1) is 27.7 Å². The van der Waals surface area contributed by atoms with E-state index < -0.39 is 0 Å². The van der Waals surface area contributed by atoms with Gasteiger partial charge >= 0.3 is 0 Å². The number of nitrogens with zero attached hydrogens (tertiary/aromatic N) is 1. The molecule has 3 rings (SSSR count). The van der Waals surface area contributed by atoms with Crippen LogP contribution in [0.2, 0.25) is 0 Å². The number of benzene rings is 2. The Labute approximate surface area is 118 Å². The summed E-state index contributed by atoms with van der Waals surface area (Å²) in [6.45, 7) is 8.44. The van der Waals surface area contributed by atoms with E-state index in [1.54, 1.807) is 0 Å². The zero-order valence-electron chi connectivity index (χ0n) is 12.2. The Bertz CT molecular complexity index is 753. The third-order valence-corrected chi connectivity index (χ3v) is 4.17. The van der Waals surface area contributed by atoms with Crippen LogP contribution in [0.15, 0.2) is 28.7 Å². The van der Waals surface area contributed by atoms with Crippen LogP contribution < -0.4 is 5.73 Å². The molecule has 0 saturated heterocycles. The number of oxazole rings is 1. The minimum absolute atomic E-state index is 0.649. The number of nitrogens with two attached hydrogens (primary N) is 1. The maximum absolute atomic E-state index is 5.99. The molecule has 0 saturated carbocycles. The minimum Gasteiger partial charge on any atom is -0.436 e. The number of rotatable bonds is 1. The topological polar surface area (TPSA) is 52.0 Å². The van der Waals surface area contributed by atoms with Gasteiger partial charge in [-0.3, -0.25) is 0 Å². The molecule has 0 aliphatic carbocycles. The Morgan fingerprint density at radius 3 is 2.10 bits per heavy atom. The van der Waals surface area contributed by atoms with Crippen molar-refractivity contribution in [1.82, 2.24) is 4.98 Å². The van der Waals surface area contributed by atoms with Crippen LogP contribution in [0.3, 0.4) is 0 Å². The largest absolute Gasteiger partial charge is 0.436 e. The zero-order valence-corrected chi connectivity index (χ0v) is 12.2. The first-order valence-electron chi connectivity index (χ1n) is 6.72. The van der Waals surface area contributed by atoms with Gasteiger partial charge in [0, 0.05) is 11.3 Å². The second-order valence-corrected chi connectivity index (χ2v) is 5.32. The normalized spacial score (nSPS) is 11.2. The van der Waals surface area contributed by atoms with Crippen molar-refractivity contribution >= 4 is 16.8 Å². The first-order valence-corrected chi connectivity index (χ1v) is 6.72. The molecule has 0 aliphatic rings. The van der Waals surface area contributed by atoms with Gasteiger partial charge in [0.1, 0.15) is 5.52 Å². The van der Waals surface area contributed by atoms with Gasteiger partial charge in [0.2, 0.25) is 5.89 Å². The first-order chi connectivity index (χ1) is 9.49. The fourth-order valence-corrected chi connectivity index (χ4v) is 2.49. The summed E-state index contributed by atoms with van der Waals surface area (Å²) < 4.78 is 5.99.